The molecule has 0 N–H and O–H groups in total. The van der Waals surface area contributed by atoms with Crippen LogP contribution >= 0.6 is 11.3 Å². The fourth-order valence-electron chi connectivity index (χ4n) is 3.10. The predicted molar refractivity (Wildman–Crippen MR) is 88.0 cm³/mol. The van der Waals surface area contributed by atoms with E-state index in [0.29, 0.717) is 0 Å². The third kappa shape index (κ3) is 2.39. The lowest BCUT2D eigenvalue weighted by Gasteiger charge is -2.35. The Morgan fingerprint density at radius 2 is 1.86 bits per heavy atom. The summed E-state index contributed by atoms with van der Waals surface area (Å²) in [6, 6.07) is 3.40. The number of aryl methyl sites for hydroxylation is 3. The second-order valence-electron chi connectivity index (χ2n) is 5.85. The number of hydrogen-bond donors (Lipinski definition) is 0. The molecule has 22 heavy (non-hydrogen) atoms. The summed E-state index contributed by atoms with van der Waals surface area (Å²) in [5.41, 5.74) is 1.25. The molecule has 3 heterocycles. The Hall–Kier alpha value is -1.89. The van der Waals surface area contributed by atoms with E-state index in [0.717, 1.165) is 38.4 Å². The van der Waals surface area contributed by atoms with Crippen LogP contribution in [-0.2, 0) is 19.9 Å². The second-order valence-corrected chi connectivity index (χ2v) is 6.91. The Morgan fingerprint density at radius 1 is 1.09 bits per heavy atom. The zero-order valence-corrected chi connectivity index (χ0v) is 13.5. The molecule has 0 amide bonds. The minimum atomic E-state index is -0.0697. The van der Waals surface area contributed by atoms with Crippen LogP contribution in [0.5, 0.6) is 0 Å². The van der Waals surface area contributed by atoms with Crippen LogP contribution in [0.2, 0.25) is 0 Å². The predicted octanol–water partition coefficient (Wildman–Crippen LogP) is 1.05. The average molecular weight is 317 g/mol. The van der Waals surface area contributed by atoms with Crippen LogP contribution in [0.3, 0.4) is 0 Å². The molecule has 4 rings (SSSR count). The van der Waals surface area contributed by atoms with Crippen molar-refractivity contribution >= 4 is 22.3 Å². The zero-order valence-electron chi connectivity index (χ0n) is 12.7. The molecular formula is C15H19N5OS. The first-order valence-corrected chi connectivity index (χ1v) is 8.55. The van der Waals surface area contributed by atoms with Crippen molar-refractivity contribution in [2.24, 2.45) is 7.05 Å². The Morgan fingerprint density at radius 3 is 2.59 bits per heavy atom. The van der Waals surface area contributed by atoms with Gasteiger partial charge in [-0.1, -0.05) is 0 Å². The zero-order chi connectivity index (χ0) is 15.1. The van der Waals surface area contributed by atoms with Crippen LogP contribution in [0.4, 0.5) is 10.9 Å². The smallest absolute Gasteiger partial charge is 0.266 e. The molecule has 2 aromatic heterocycles. The lowest BCUT2D eigenvalue weighted by molar-refractivity contribution is 0.622. The molecule has 0 aromatic carbocycles. The van der Waals surface area contributed by atoms with Crippen molar-refractivity contribution in [1.29, 1.82) is 0 Å². The van der Waals surface area contributed by atoms with Gasteiger partial charge in [-0.15, -0.1) is 11.3 Å². The maximum absolute atomic E-state index is 11.4. The molecule has 116 valence electrons. The maximum Gasteiger partial charge on any atom is 0.266 e. The molecule has 1 fully saturated rings. The van der Waals surface area contributed by atoms with Crippen molar-refractivity contribution in [3.05, 3.63) is 33.1 Å². The van der Waals surface area contributed by atoms with Gasteiger partial charge in [0.25, 0.3) is 5.56 Å². The topological polar surface area (TPSA) is 54.3 Å². The second kappa shape index (κ2) is 5.39. The largest absolute Gasteiger partial charge is 0.352 e. The number of hydrogen-bond acceptors (Lipinski definition) is 6. The van der Waals surface area contributed by atoms with Gasteiger partial charge in [0.2, 0.25) is 0 Å². The first-order valence-electron chi connectivity index (χ1n) is 7.73. The summed E-state index contributed by atoms with van der Waals surface area (Å²) in [5.74, 6) is 0.878. The normalized spacial score (nSPS) is 17.9. The lowest BCUT2D eigenvalue weighted by Crippen LogP contribution is -2.47. The number of anilines is 2. The molecule has 1 aliphatic heterocycles. The van der Waals surface area contributed by atoms with Gasteiger partial charge in [0.1, 0.15) is 5.82 Å². The Labute approximate surface area is 133 Å². The van der Waals surface area contributed by atoms with Gasteiger partial charge in [-0.05, 0) is 25.3 Å². The third-order valence-electron chi connectivity index (χ3n) is 4.40. The summed E-state index contributed by atoms with van der Waals surface area (Å²) in [6.45, 7) is 3.73. The van der Waals surface area contributed by atoms with Gasteiger partial charge < -0.3 is 9.80 Å². The standard InChI is InChI=1S/C15H19N5OS/c1-18-14(21)6-5-13(17-18)19-7-9-20(10-8-19)15-16-11-3-2-4-12(11)22-15/h5-6H,2-4,7-10H2,1H3. The molecule has 0 spiro atoms. The first kappa shape index (κ1) is 13.8. The molecule has 6 nitrogen and oxygen atoms in total. The SMILES string of the molecule is Cn1nc(N2CCN(c3nc4c(s3)CCC4)CC2)ccc1=O. The molecule has 0 radical (unpaired) electrons. The van der Waals surface area contributed by atoms with Crippen molar-refractivity contribution in [3.63, 3.8) is 0 Å². The molecule has 0 atom stereocenters. The van der Waals surface area contributed by atoms with Gasteiger partial charge >= 0.3 is 0 Å². The number of rotatable bonds is 2. The molecular weight excluding hydrogens is 298 g/mol. The molecule has 0 bridgehead atoms. The van der Waals surface area contributed by atoms with Crippen molar-refractivity contribution < 1.29 is 0 Å². The minimum Gasteiger partial charge on any atom is -0.352 e. The fourth-order valence-corrected chi connectivity index (χ4v) is 4.30. The number of nitrogens with zero attached hydrogens (tertiary/aromatic N) is 5. The van der Waals surface area contributed by atoms with Gasteiger partial charge in [-0.25, -0.2) is 9.67 Å². The van der Waals surface area contributed by atoms with Crippen molar-refractivity contribution in [1.82, 2.24) is 14.8 Å². The van der Waals surface area contributed by atoms with E-state index >= 15 is 0 Å². The van der Waals surface area contributed by atoms with E-state index in [4.69, 9.17) is 4.98 Å². The highest BCUT2D eigenvalue weighted by Crippen LogP contribution is 2.33. The molecule has 0 saturated carbocycles. The van der Waals surface area contributed by atoms with Gasteiger partial charge in [0.15, 0.2) is 5.13 Å². The van der Waals surface area contributed by atoms with E-state index in [-0.39, 0.29) is 5.56 Å². The van der Waals surface area contributed by atoms with E-state index in [2.05, 4.69) is 14.9 Å². The van der Waals surface area contributed by atoms with Crippen LogP contribution in [0.25, 0.3) is 0 Å². The van der Waals surface area contributed by atoms with Gasteiger partial charge in [0, 0.05) is 44.2 Å². The van der Waals surface area contributed by atoms with Crippen LogP contribution in [0, 0.1) is 0 Å². The Balaban J connectivity index is 1.45. The molecule has 2 aliphatic rings. The average Bonchev–Trinajstić information content (AvgIpc) is 3.12. The summed E-state index contributed by atoms with van der Waals surface area (Å²) in [7, 11) is 1.69. The summed E-state index contributed by atoms with van der Waals surface area (Å²) < 4.78 is 1.40. The van der Waals surface area contributed by atoms with E-state index in [1.54, 1.807) is 13.1 Å². The summed E-state index contributed by atoms with van der Waals surface area (Å²) in [4.78, 5) is 22.3. The molecule has 1 aliphatic carbocycles. The third-order valence-corrected chi connectivity index (χ3v) is 5.62. The molecule has 2 aromatic rings. The van der Waals surface area contributed by atoms with Gasteiger partial charge in [-0.2, -0.15) is 5.10 Å². The molecule has 0 unspecified atom stereocenters. The fraction of sp³-hybridized carbons (Fsp3) is 0.533. The van der Waals surface area contributed by atoms with E-state index in [9.17, 15) is 4.79 Å². The number of aromatic nitrogens is 3. The van der Waals surface area contributed by atoms with Gasteiger partial charge in [-0.3, -0.25) is 4.79 Å². The maximum atomic E-state index is 11.4. The summed E-state index contributed by atoms with van der Waals surface area (Å²) >= 11 is 1.87. The summed E-state index contributed by atoms with van der Waals surface area (Å²) in [5, 5.41) is 5.51. The van der Waals surface area contributed by atoms with Crippen molar-refractivity contribution in [2.75, 3.05) is 36.0 Å². The van der Waals surface area contributed by atoms with Crippen molar-refractivity contribution in [3.8, 4) is 0 Å². The van der Waals surface area contributed by atoms with E-state index in [1.165, 1.54) is 33.2 Å². The van der Waals surface area contributed by atoms with E-state index in [1.807, 2.05) is 17.4 Å². The van der Waals surface area contributed by atoms with Gasteiger partial charge in [0.05, 0.1) is 5.69 Å². The molecule has 7 heteroatoms. The Kier molecular flexibility index (Phi) is 3.37. The van der Waals surface area contributed by atoms with Crippen molar-refractivity contribution in [2.45, 2.75) is 19.3 Å². The highest BCUT2D eigenvalue weighted by atomic mass is 32.1. The van der Waals surface area contributed by atoms with Crippen LogP contribution in [0.1, 0.15) is 17.0 Å². The highest BCUT2D eigenvalue weighted by molar-refractivity contribution is 7.15. The summed E-state index contributed by atoms with van der Waals surface area (Å²) in [6.07, 6.45) is 3.61. The highest BCUT2D eigenvalue weighted by Gasteiger charge is 2.24. The van der Waals surface area contributed by atoms with Crippen LogP contribution < -0.4 is 15.4 Å². The van der Waals surface area contributed by atoms with Crippen LogP contribution in [0.15, 0.2) is 16.9 Å². The van der Waals surface area contributed by atoms with Crippen LogP contribution in [-0.4, -0.2) is 40.9 Å². The van der Waals surface area contributed by atoms with E-state index < -0.39 is 0 Å². The quantitative estimate of drug-likeness (QED) is 0.829. The number of thiazole rings is 1. The monoisotopic (exact) mass is 317 g/mol. The first-order chi connectivity index (χ1) is 10.7. The number of fused-ring (bicyclic) bond motifs is 1. The minimum absolute atomic E-state index is 0.0697. The Bertz CT molecular complexity index is 723. The number of piperazine rings is 1. The lowest BCUT2D eigenvalue weighted by atomic mass is 10.3. The molecule has 1 saturated heterocycles.